The molecule has 3 aromatic rings. The van der Waals surface area contributed by atoms with Gasteiger partial charge in [-0.25, -0.2) is 4.39 Å². The van der Waals surface area contributed by atoms with E-state index in [-0.39, 0.29) is 22.8 Å². The van der Waals surface area contributed by atoms with Gasteiger partial charge in [0.2, 0.25) is 5.91 Å². The maximum Gasteiger partial charge on any atom is 0.234 e. The van der Waals surface area contributed by atoms with Gasteiger partial charge < -0.3 is 14.6 Å². The molecule has 1 unspecified atom stereocenters. The van der Waals surface area contributed by atoms with Crippen LogP contribution in [0.25, 0.3) is 0 Å². The molecule has 3 rings (SSSR count). The molecule has 1 aromatic heterocycles. The van der Waals surface area contributed by atoms with Crippen molar-refractivity contribution in [2.75, 3.05) is 11.1 Å². The molecule has 1 N–H and O–H groups in total. The summed E-state index contributed by atoms with van der Waals surface area (Å²) < 4.78 is 21.5. The highest BCUT2D eigenvalue weighted by Gasteiger charge is 2.21. The Bertz CT molecular complexity index is 1120. The summed E-state index contributed by atoms with van der Waals surface area (Å²) in [5, 5.41) is 12.0. The Morgan fingerprint density at radius 1 is 1.12 bits per heavy atom. The minimum absolute atomic E-state index is 0.0420. The van der Waals surface area contributed by atoms with Crippen LogP contribution >= 0.6 is 23.4 Å². The maximum atomic E-state index is 13.3. The van der Waals surface area contributed by atoms with Gasteiger partial charge in [0.05, 0.1) is 10.8 Å². The highest BCUT2D eigenvalue weighted by atomic mass is 35.5. The predicted octanol–water partition coefficient (Wildman–Crippen LogP) is 6.72. The summed E-state index contributed by atoms with van der Waals surface area (Å²) in [5.41, 5.74) is 1.69. The second-order valence-electron chi connectivity index (χ2n) is 8.79. The third kappa shape index (κ3) is 6.96. The van der Waals surface area contributed by atoms with Gasteiger partial charge in [-0.15, -0.1) is 10.2 Å². The number of hydrogen-bond acceptors (Lipinski definition) is 5. The summed E-state index contributed by atoms with van der Waals surface area (Å²) in [6.07, 6.45) is -0.319. The number of nitrogens with one attached hydrogen (secondary N) is 1. The van der Waals surface area contributed by atoms with Crippen molar-refractivity contribution in [1.29, 1.82) is 0 Å². The molecule has 34 heavy (non-hydrogen) atoms. The average Bonchev–Trinajstić information content (AvgIpc) is 3.17. The van der Waals surface area contributed by atoms with E-state index in [1.807, 2.05) is 23.6 Å². The zero-order valence-corrected chi connectivity index (χ0v) is 21.6. The van der Waals surface area contributed by atoms with Crippen LogP contribution in [0.1, 0.15) is 58.0 Å². The van der Waals surface area contributed by atoms with Crippen molar-refractivity contribution in [2.45, 2.75) is 58.3 Å². The monoisotopic (exact) mass is 504 g/mol. The third-order valence-electron chi connectivity index (χ3n) is 5.05. The fraction of sp³-hybridized carbons (Fsp3) is 0.400. The lowest BCUT2D eigenvalue weighted by Crippen LogP contribution is -2.17. The Morgan fingerprint density at radius 2 is 1.82 bits per heavy atom. The van der Waals surface area contributed by atoms with Crippen molar-refractivity contribution in [2.24, 2.45) is 5.92 Å². The molecule has 0 saturated carbocycles. The van der Waals surface area contributed by atoms with Crippen LogP contribution in [0.4, 0.5) is 10.1 Å². The van der Waals surface area contributed by atoms with E-state index >= 15 is 0 Å². The summed E-state index contributed by atoms with van der Waals surface area (Å²) in [4.78, 5) is 12.4. The highest BCUT2D eigenvalue weighted by Crippen LogP contribution is 2.27. The van der Waals surface area contributed by atoms with Gasteiger partial charge in [0.15, 0.2) is 17.1 Å². The Balaban J connectivity index is 1.68. The zero-order chi connectivity index (χ0) is 24.8. The van der Waals surface area contributed by atoms with Crippen LogP contribution in [0.15, 0.2) is 47.6 Å². The van der Waals surface area contributed by atoms with Gasteiger partial charge in [0.25, 0.3) is 0 Å². The summed E-state index contributed by atoms with van der Waals surface area (Å²) in [6.45, 7) is 11.2. The molecule has 0 aliphatic heterocycles. The number of hydrogen-bond donors (Lipinski definition) is 1. The summed E-state index contributed by atoms with van der Waals surface area (Å²) in [5.74, 6) is 1.62. The van der Waals surface area contributed by atoms with Crippen LogP contribution in [0.2, 0.25) is 5.02 Å². The second kappa shape index (κ2) is 11.7. The van der Waals surface area contributed by atoms with Crippen molar-refractivity contribution >= 4 is 35.0 Å². The first kappa shape index (κ1) is 26.0. The van der Waals surface area contributed by atoms with E-state index in [1.165, 1.54) is 35.5 Å². The van der Waals surface area contributed by atoms with Gasteiger partial charge >= 0.3 is 0 Å². The fourth-order valence-electron chi connectivity index (χ4n) is 3.33. The number of amides is 1. The van der Waals surface area contributed by atoms with Gasteiger partial charge in [0, 0.05) is 12.2 Å². The average molecular weight is 505 g/mol. The number of anilines is 1. The normalized spacial score (nSPS) is 12.3. The minimum Gasteiger partial charge on any atom is -0.483 e. The number of aromatic nitrogens is 3. The Labute approximate surface area is 209 Å². The zero-order valence-electron chi connectivity index (χ0n) is 20.0. The van der Waals surface area contributed by atoms with E-state index < -0.39 is 5.82 Å². The number of thioether (sulfide) groups is 1. The number of nitrogens with zero attached hydrogens (tertiary/aromatic N) is 3. The van der Waals surface area contributed by atoms with Gasteiger partial charge in [0.1, 0.15) is 11.6 Å². The molecular weight excluding hydrogens is 475 g/mol. The quantitative estimate of drug-likeness (QED) is 0.310. The molecule has 2 aromatic carbocycles. The molecule has 1 heterocycles. The molecule has 0 aliphatic rings. The molecule has 1 amide bonds. The van der Waals surface area contributed by atoms with Crippen LogP contribution in [0.5, 0.6) is 5.75 Å². The number of benzene rings is 2. The van der Waals surface area contributed by atoms with E-state index in [0.717, 1.165) is 5.75 Å². The van der Waals surface area contributed by atoms with Crippen LogP contribution < -0.4 is 10.1 Å². The Hall–Kier alpha value is -2.58. The number of carbonyl (C=O) groups excluding carboxylic acids is 1. The summed E-state index contributed by atoms with van der Waals surface area (Å²) in [6, 6.07) is 12.1. The minimum atomic E-state index is -0.532. The van der Waals surface area contributed by atoms with Gasteiger partial charge in [-0.3, -0.25) is 4.79 Å². The van der Waals surface area contributed by atoms with E-state index in [4.69, 9.17) is 16.3 Å². The molecule has 0 saturated heterocycles. The Morgan fingerprint density at radius 3 is 2.44 bits per heavy atom. The second-order valence-corrected chi connectivity index (χ2v) is 10.1. The van der Waals surface area contributed by atoms with Crippen LogP contribution in [-0.4, -0.2) is 26.4 Å². The SMILES string of the molecule is CC(C)Cn1c(SCC(=O)Nc2ccc(F)c(Cl)c2)nnc1C(C)Oc1ccc(C(C)C)cc1. The topological polar surface area (TPSA) is 69.0 Å². The molecule has 182 valence electrons. The molecule has 9 heteroatoms. The predicted molar refractivity (Wildman–Crippen MR) is 135 cm³/mol. The largest absolute Gasteiger partial charge is 0.483 e. The maximum absolute atomic E-state index is 13.3. The molecule has 0 radical (unpaired) electrons. The van der Waals surface area contributed by atoms with E-state index in [2.05, 4.69) is 55.3 Å². The first-order valence-electron chi connectivity index (χ1n) is 11.2. The van der Waals surface area contributed by atoms with Crippen molar-refractivity contribution in [3.63, 3.8) is 0 Å². The standard InChI is InChI=1S/C25H30ClFN4O2S/c1-15(2)13-31-24(17(5)33-20-9-6-18(7-10-20)16(3)4)29-30-25(31)34-14-23(32)28-19-8-11-22(27)21(26)12-19/h6-12,15-17H,13-14H2,1-5H3,(H,28,32). The first-order valence-corrected chi connectivity index (χ1v) is 12.6. The van der Waals surface area contributed by atoms with Crippen molar-refractivity contribution in [1.82, 2.24) is 14.8 Å². The molecule has 0 fully saturated rings. The lowest BCUT2D eigenvalue weighted by atomic mass is 10.0. The third-order valence-corrected chi connectivity index (χ3v) is 6.31. The van der Waals surface area contributed by atoms with Crippen LogP contribution in [0.3, 0.4) is 0 Å². The lowest BCUT2D eigenvalue weighted by molar-refractivity contribution is -0.113. The number of halogens is 2. The molecule has 6 nitrogen and oxygen atoms in total. The van der Waals surface area contributed by atoms with Crippen molar-refractivity contribution in [3.8, 4) is 5.75 Å². The van der Waals surface area contributed by atoms with Gasteiger partial charge in [-0.05, 0) is 54.7 Å². The van der Waals surface area contributed by atoms with E-state index in [0.29, 0.717) is 35.0 Å². The molecule has 1 atom stereocenters. The van der Waals surface area contributed by atoms with Crippen LogP contribution in [-0.2, 0) is 11.3 Å². The Kier molecular flexibility index (Phi) is 8.97. The summed E-state index contributed by atoms with van der Waals surface area (Å²) >= 11 is 7.07. The molecule has 0 spiro atoms. The first-order chi connectivity index (χ1) is 16.1. The van der Waals surface area contributed by atoms with Crippen molar-refractivity contribution < 1.29 is 13.9 Å². The molecule has 0 aliphatic carbocycles. The highest BCUT2D eigenvalue weighted by molar-refractivity contribution is 7.99. The van der Waals surface area contributed by atoms with Crippen LogP contribution in [0, 0.1) is 11.7 Å². The number of carbonyl (C=O) groups is 1. The number of ether oxygens (including phenoxy) is 1. The number of rotatable bonds is 10. The van der Waals surface area contributed by atoms with E-state index in [1.54, 1.807) is 0 Å². The lowest BCUT2D eigenvalue weighted by Gasteiger charge is -2.18. The smallest absolute Gasteiger partial charge is 0.234 e. The van der Waals surface area contributed by atoms with Crippen molar-refractivity contribution in [3.05, 3.63) is 64.7 Å². The van der Waals surface area contributed by atoms with E-state index in [9.17, 15) is 9.18 Å². The summed E-state index contributed by atoms with van der Waals surface area (Å²) in [7, 11) is 0. The fourth-order valence-corrected chi connectivity index (χ4v) is 4.27. The van der Waals surface area contributed by atoms with Gasteiger partial charge in [-0.1, -0.05) is 63.2 Å². The van der Waals surface area contributed by atoms with Gasteiger partial charge in [-0.2, -0.15) is 0 Å². The molecular formula is C25H30ClFN4O2S. The molecule has 0 bridgehead atoms.